The number of piperazine rings is 1. The molecule has 2 fully saturated rings. The first kappa shape index (κ1) is 19.2. The first-order chi connectivity index (χ1) is 13.9. The summed E-state index contributed by atoms with van der Waals surface area (Å²) in [7, 11) is 0. The van der Waals surface area contributed by atoms with Gasteiger partial charge in [-0.25, -0.2) is 0 Å². The minimum Gasteiger partial charge on any atom is -0.368 e. The lowest BCUT2D eigenvalue weighted by Crippen LogP contribution is -2.48. The number of carbonyl (C=O) groups is 1. The molecular formula is C22H26N4O3. The van der Waals surface area contributed by atoms with Crippen LogP contribution in [0.5, 0.6) is 0 Å². The van der Waals surface area contributed by atoms with E-state index in [0.29, 0.717) is 32.2 Å². The lowest BCUT2D eigenvalue weighted by molar-refractivity contribution is -0.384. The molecule has 0 N–H and O–H groups in total. The van der Waals surface area contributed by atoms with Gasteiger partial charge in [-0.05, 0) is 56.5 Å². The molecule has 0 spiro atoms. The van der Waals surface area contributed by atoms with E-state index in [0.717, 1.165) is 11.3 Å². The van der Waals surface area contributed by atoms with Gasteiger partial charge in [0.25, 0.3) is 5.69 Å². The molecule has 1 aliphatic carbocycles. The van der Waals surface area contributed by atoms with Crippen LogP contribution in [0.15, 0.2) is 36.4 Å². The van der Waals surface area contributed by atoms with Gasteiger partial charge >= 0.3 is 0 Å². The van der Waals surface area contributed by atoms with Crippen molar-refractivity contribution in [1.29, 1.82) is 0 Å². The van der Waals surface area contributed by atoms with Crippen molar-refractivity contribution in [2.75, 3.05) is 31.1 Å². The fraction of sp³-hybridized carbons (Fsp3) is 0.409. The summed E-state index contributed by atoms with van der Waals surface area (Å²) < 4.78 is 2.38. The first-order valence-electron chi connectivity index (χ1n) is 10.1. The number of nitro benzene ring substituents is 1. The van der Waals surface area contributed by atoms with E-state index in [2.05, 4.69) is 29.4 Å². The third-order valence-corrected chi connectivity index (χ3v) is 5.86. The molecule has 1 aromatic heterocycles. The summed E-state index contributed by atoms with van der Waals surface area (Å²) in [5.41, 5.74) is 4.65. The van der Waals surface area contributed by atoms with Crippen LogP contribution in [0.4, 0.5) is 11.4 Å². The Kier molecular flexibility index (Phi) is 5.13. The van der Waals surface area contributed by atoms with Gasteiger partial charge in [0.2, 0.25) is 5.91 Å². The Morgan fingerprint density at radius 3 is 2.34 bits per heavy atom. The standard InChI is InChI=1S/C22H26N4O3/c1-16-15-18(17(2)25(16)20-6-7-20)3-10-22(27)24-13-11-23(12-14-24)19-4-8-21(9-5-19)26(28)29/h3-5,8-10,15,20H,6-7,11-14H2,1-2H3/b10-3+. The Morgan fingerprint density at radius 1 is 1.10 bits per heavy atom. The zero-order valence-corrected chi connectivity index (χ0v) is 16.9. The van der Waals surface area contributed by atoms with Crippen LogP contribution in [-0.4, -0.2) is 46.5 Å². The fourth-order valence-electron chi connectivity index (χ4n) is 4.10. The number of nitro groups is 1. The predicted octanol–water partition coefficient (Wildman–Crippen LogP) is 3.71. The molecule has 0 atom stereocenters. The lowest BCUT2D eigenvalue weighted by atomic mass is 10.2. The van der Waals surface area contributed by atoms with E-state index >= 15 is 0 Å². The SMILES string of the molecule is Cc1cc(/C=C/C(=O)N2CCN(c3ccc([N+](=O)[O-])cc3)CC2)c(C)n1C1CC1. The van der Waals surface area contributed by atoms with Crippen LogP contribution in [0.25, 0.3) is 6.08 Å². The molecule has 0 bridgehead atoms. The second-order valence-corrected chi connectivity index (χ2v) is 7.85. The van der Waals surface area contributed by atoms with Crippen molar-refractivity contribution in [3.63, 3.8) is 0 Å². The second-order valence-electron chi connectivity index (χ2n) is 7.85. The summed E-state index contributed by atoms with van der Waals surface area (Å²) in [6, 6.07) is 9.38. The molecule has 1 amide bonds. The number of amides is 1. The summed E-state index contributed by atoms with van der Waals surface area (Å²) in [6.07, 6.45) is 6.11. The van der Waals surface area contributed by atoms with Crippen molar-refractivity contribution >= 4 is 23.4 Å². The van der Waals surface area contributed by atoms with Crippen LogP contribution in [0, 0.1) is 24.0 Å². The number of aromatic nitrogens is 1. The lowest BCUT2D eigenvalue weighted by Gasteiger charge is -2.35. The molecule has 0 unspecified atom stereocenters. The smallest absolute Gasteiger partial charge is 0.269 e. The van der Waals surface area contributed by atoms with Crippen molar-refractivity contribution in [2.45, 2.75) is 32.7 Å². The van der Waals surface area contributed by atoms with Gasteiger partial charge in [-0.15, -0.1) is 0 Å². The summed E-state index contributed by atoms with van der Waals surface area (Å²) in [5, 5.41) is 10.8. The van der Waals surface area contributed by atoms with E-state index in [9.17, 15) is 14.9 Å². The number of benzene rings is 1. The van der Waals surface area contributed by atoms with Gasteiger partial charge < -0.3 is 14.4 Å². The minimum absolute atomic E-state index is 0.0320. The maximum atomic E-state index is 12.6. The monoisotopic (exact) mass is 394 g/mol. The molecule has 7 heteroatoms. The van der Waals surface area contributed by atoms with Gasteiger partial charge in [-0.2, -0.15) is 0 Å². The van der Waals surface area contributed by atoms with Crippen LogP contribution in [0.2, 0.25) is 0 Å². The number of aryl methyl sites for hydroxylation is 1. The number of nitrogens with zero attached hydrogens (tertiary/aromatic N) is 4. The molecule has 152 valence electrons. The highest BCUT2D eigenvalue weighted by Gasteiger charge is 2.26. The molecule has 1 saturated heterocycles. The van der Waals surface area contributed by atoms with E-state index in [1.54, 1.807) is 18.2 Å². The molecule has 7 nitrogen and oxygen atoms in total. The van der Waals surface area contributed by atoms with Crippen molar-refractivity contribution < 1.29 is 9.72 Å². The highest BCUT2D eigenvalue weighted by molar-refractivity contribution is 5.92. The Balaban J connectivity index is 1.35. The van der Waals surface area contributed by atoms with Crippen molar-refractivity contribution in [1.82, 2.24) is 9.47 Å². The molecule has 1 aromatic carbocycles. The number of rotatable bonds is 5. The van der Waals surface area contributed by atoms with Crippen molar-refractivity contribution in [2.24, 2.45) is 0 Å². The van der Waals surface area contributed by atoms with Gasteiger partial charge in [0.15, 0.2) is 0 Å². The third kappa shape index (κ3) is 4.04. The second kappa shape index (κ2) is 7.73. The molecule has 4 rings (SSSR count). The van der Waals surface area contributed by atoms with Gasteiger partial charge in [-0.1, -0.05) is 0 Å². The zero-order chi connectivity index (χ0) is 20.5. The Morgan fingerprint density at radius 2 is 1.76 bits per heavy atom. The molecule has 2 heterocycles. The average Bonchev–Trinajstić information content (AvgIpc) is 3.51. The molecule has 2 aliphatic rings. The molecule has 29 heavy (non-hydrogen) atoms. The number of carbonyl (C=O) groups excluding carboxylic acids is 1. The fourth-order valence-corrected chi connectivity index (χ4v) is 4.10. The van der Waals surface area contributed by atoms with Gasteiger partial charge in [-0.3, -0.25) is 14.9 Å². The minimum atomic E-state index is -0.394. The van der Waals surface area contributed by atoms with E-state index in [4.69, 9.17) is 0 Å². The van der Waals surface area contributed by atoms with Crippen LogP contribution >= 0.6 is 0 Å². The maximum Gasteiger partial charge on any atom is 0.269 e. The number of anilines is 1. The summed E-state index contributed by atoms with van der Waals surface area (Å²) >= 11 is 0. The molecular weight excluding hydrogens is 368 g/mol. The van der Waals surface area contributed by atoms with Crippen molar-refractivity contribution in [3.8, 4) is 0 Å². The van der Waals surface area contributed by atoms with Gasteiger partial charge in [0.1, 0.15) is 0 Å². The zero-order valence-electron chi connectivity index (χ0n) is 16.9. The number of hydrogen-bond acceptors (Lipinski definition) is 4. The Bertz CT molecular complexity index is 949. The number of non-ortho nitro benzene ring substituents is 1. The van der Waals surface area contributed by atoms with E-state index in [1.807, 2.05) is 11.0 Å². The van der Waals surface area contributed by atoms with E-state index in [-0.39, 0.29) is 11.6 Å². The topological polar surface area (TPSA) is 71.6 Å². The third-order valence-electron chi connectivity index (χ3n) is 5.86. The quantitative estimate of drug-likeness (QED) is 0.440. The predicted molar refractivity (Wildman–Crippen MR) is 113 cm³/mol. The maximum absolute atomic E-state index is 12.6. The van der Waals surface area contributed by atoms with E-state index in [1.165, 1.54) is 36.4 Å². The first-order valence-corrected chi connectivity index (χ1v) is 10.1. The van der Waals surface area contributed by atoms with Gasteiger partial charge in [0.05, 0.1) is 4.92 Å². The van der Waals surface area contributed by atoms with E-state index < -0.39 is 4.92 Å². The van der Waals surface area contributed by atoms with Crippen LogP contribution in [-0.2, 0) is 4.79 Å². The Hall–Kier alpha value is -3.09. The largest absolute Gasteiger partial charge is 0.368 e. The molecule has 0 radical (unpaired) electrons. The average molecular weight is 394 g/mol. The summed E-state index contributed by atoms with van der Waals surface area (Å²) in [4.78, 5) is 27.0. The summed E-state index contributed by atoms with van der Waals surface area (Å²) in [5.74, 6) is 0.0320. The van der Waals surface area contributed by atoms with Gasteiger partial charge in [0, 0.05) is 67.5 Å². The number of hydrogen-bond donors (Lipinski definition) is 0. The van der Waals surface area contributed by atoms with Crippen LogP contribution in [0.1, 0.15) is 35.8 Å². The molecule has 1 saturated carbocycles. The van der Waals surface area contributed by atoms with Crippen LogP contribution < -0.4 is 4.90 Å². The Labute approximate surface area is 170 Å². The highest BCUT2D eigenvalue weighted by atomic mass is 16.6. The molecule has 1 aliphatic heterocycles. The summed E-state index contributed by atoms with van der Waals surface area (Å²) in [6.45, 7) is 6.96. The van der Waals surface area contributed by atoms with Crippen molar-refractivity contribution in [3.05, 3.63) is 63.5 Å². The normalized spacial score (nSPS) is 17.2. The van der Waals surface area contributed by atoms with Crippen LogP contribution in [0.3, 0.4) is 0 Å². The molecule has 2 aromatic rings. The highest BCUT2D eigenvalue weighted by Crippen LogP contribution is 2.38.